The summed E-state index contributed by atoms with van der Waals surface area (Å²) in [5, 5.41) is 16.2. The lowest BCUT2D eigenvalue weighted by Crippen LogP contribution is -2.53. The number of furan rings is 1. The predicted molar refractivity (Wildman–Crippen MR) is 90.5 cm³/mol. The Morgan fingerprint density at radius 3 is 2.46 bits per heavy atom. The van der Waals surface area contributed by atoms with E-state index in [4.69, 9.17) is 4.42 Å². The molecule has 1 heterocycles. The Balaban J connectivity index is 1.92. The van der Waals surface area contributed by atoms with E-state index in [1.807, 2.05) is 13.8 Å². The van der Waals surface area contributed by atoms with Gasteiger partial charge in [0.2, 0.25) is 5.91 Å². The summed E-state index contributed by atoms with van der Waals surface area (Å²) in [6.07, 6.45) is 7.05. The first kappa shape index (κ1) is 18.5. The first-order valence-corrected chi connectivity index (χ1v) is 8.76. The van der Waals surface area contributed by atoms with Gasteiger partial charge < -0.3 is 20.2 Å². The van der Waals surface area contributed by atoms with Crippen LogP contribution in [0.15, 0.2) is 22.8 Å². The molecule has 134 valence electrons. The summed E-state index contributed by atoms with van der Waals surface area (Å²) in [5.74, 6) is -0.590. The Kier molecular flexibility index (Phi) is 6.43. The fraction of sp³-hybridized carbons (Fsp3) is 0.667. The average Bonchev–Trinajstić information content (AvgIpc) is 2.99. The third kappa shape index (κ3) is 5.09. The van der Waals surface area contributed by atoms with Gasteiger partial charge in [-0.05, 0) is 30.9 Å². The Morgan fingerprint density at radius 2 is 1.92 bits per heavy atom. The van der Waals surface area contributed by atoms with E-state index in [-0.39, 0.29) is 24.1 Å². The molecule has 1 aliphatic carbocycles. The molecule has 1 saturated carbocycles. The Bertz CT molecular complexity index is 531. The van der Waals surface area contributed by atoms with E-state index in [0.717, 1.165) is 25.7 Å². The second kappa shape index (κ2) is 8.33. The van der Waals surface area contributed by atoms with Crippen molar-refractivity contribution in [2.45, 2.75) is 64.0 Å². The van der Waals surface area contributed by atoms with E-state index >= 15 is 0 Å². The van der Waals surface area contributed by atoms with Crippen LogP contribution in [0.2, 0.25) is 0 Å². The molecule has 1 unspecified atom stereocenters. The smallest absolute Gasteiger partial charge is 0.287 e. The van der Waals surface area contributed by atoms with Crippen LogP contribution >= 0.6 is 0 Å². The third-order valence-electron chi connectivity index (χ3n) is 4.61. The molecule has 0 radical (unpaired) electrons. The number of nitrogens with one attached hydrogen (secondary N) is 2. The summed E-state index contributed by atoms with van der Waals surface area (Å²) in [7, 11) is 0. The molecule has 0 bridgehead atoms. The minimum absolute atomic E-state index is 0.0762. The molecule has 24 heavy (non-hydrogen) atoms. The van der Waals surface area contributed by atoms with Gasteiger partial charge in [-0.25, -0.2) is 0 Å². The molecular formula is C18H28N2O4. The molecular weight excluding hydrogens is 308 g/mol. The monoisotopic (exact) mass is 336 g/mol. The summed E-state index contributed by atoms with van der Waals surface area (Å²) < 4.78 is 5.06. The average molecular weight is 336 g/mol. The lowest BCUT2D eigenvalue weighted by Gasteiger charge is -2.29. The number of carbonyl (C=O) groups excluding carboxylic acids is 2. The van der Waals surface area contributed by atoms with Gasteiger partial charge in [0, 0.05) is 6.54 Å². The molecule has 1 atom stereocenters. The fourth-order valence-corrected chi connectivity index (χ4v) is 3.08. The second-order valence-corrected chi connectivity index (χ2v) is 7.03. The maximum absolute atomic E-state index is 12.5. The van der Waals surface area contributed by atoms with Crippen molar-refractivity contribution in [2.24, 2.45) is 5.92 Å². The molecule has 1 fully saturated rings. The van der Waals surface area contributed by atoms with Crippen LogP contribution in [-0.2, 0) is 4.79 Å². The normalized spacial score (nSPS) is 18.7. The van der Waals surface area contributed by atoms with Crippen LogP contribution in [-0.4, -0.2) is 35.1 Å². The van der Waals surface area contributed by atoms with Crippen LogP contribution in [0, 0.1) is 5.92 Å². The Hall–Kier alpha value is -1.82. The van der Waals surface area contributed by atoms with Gasteiger partial charge in [0.1, 0.15) is 6.04 Å². The topological polar surface area (TPSA) is 91.6 Å². The first-order chi connectivity index (χ1) is 11.4. The van der Waals surface area contributed by atoms with Gasteiger partial charge in [-0.3, -0.25) is 9.59 Å². The molecule has 3 N–H and O–H groups in total. The van der Waals surface area contributed by atoms with Gasteiger partial charge in [-0.1, -0.05) is 39.5 Å². The number of amides is 2. The number of aliphatic hydroxyl groups is 1. The maximum Gasteiger partial charge on any atom is 0.287 e. The molecule has 0 spiro atoms. The van der Waals surface area contributed by atoms with E-state index in [2.05, 4.69) is 10.6 Å². The third-order valence-corrected chi connectivity index (χ3v) is 4.61. The molecule has 0 aromatic carbocycles. The van der Waals surface area contributed by atoms with Gasteiger partial charge in [0.05, 0.1) is 11.9 Å². The number of hydrogen-bond donors (Lipinski definition) is 3. The van der Waals surface area contributed by atoms with E-state index < -0.39 is 17.6 Å². The van der Waals surface area contributed by atoms with Crippen LogP contribution in [0.4, 0.5) is 0 Å². The summed E-state index contributed by atoms with van der Waals surface area (Å²) in [5.41, 5.74) is -0.835. The molecule has 1 aromatic heterocycles. The van der Waals surface area contributed by atoms with Gasteiger partial charge in [0.25, 0.3) is 5.91 Å². The quantitative estimate of drug-likeness (QED) is 0.695. The summed E-state index contributed by atoms with van der Waals surface area (Å²) in [6.45, 7) is 3.96. The van der Waals surface area contributed by atoms with Crippen LogP contribution in [0.25, 0.3) is 0 Å². The standard InChI is InChI=1S/C18H28N2O4/c1-13(2)15(20-16(21)14-8-7-11-24-14)17(22)19-12-18(23)9-5-3-4-6-10-18/h7-8,11,13,15,23H,3-6,9-10,12H2,1-2H3,(H,19,22)(H,20,21). The Labute approximate surface area is 143 Å². The maximum atomic E-state index is 12.5. The van der Waals surface area contributed by atoms with Crippen LogP contribution in [0.3, 0.4) is 0 Å². The van der Waals surface area contributed by atoms with Gasteiger partial charge in [-0.2, -0.15) is 0 Å². The van der Waals surface area contributed by atoms with Crippen molar-refractivity contribution >= 4 is 11.8 Å². The van der Waals surface area contributed by atoms with Crippen molar-refractivity contribution in [3.8, 4) is 0 Å². The highest BCUT2D eigenvalue weighted by atomic mass is 16.3. The molecule has 6 nitrogen and oxygen atoms in total. The van der Waals surface area contributed by atoms with E-state index in [9.17, 15) is 14.7 Å². The number of hydrogen-bond acceptors (Lipinski definition) is 4. The number of rotatable bonds is 6. The molecule has 2 rings (SSSR count). The van der Waals surface area contributed by atoms with E-state index in [1.54, 1.807) is 12.1 Å². The minimum atomic E-state index is -0.835. The summed E-state index contributed by atoms with van der Waals surface area (Å²) in [6, 6.07) is 2.51. The molecule has 1 aromatic rings. The summed E-state index contributed by atoms with van der Waals surface area (Å²) in [4.78, 5) is 24.6. The molecule has 1 aliphatic rings. The van der Waals surface area contributed by atoms with Gasteiger partial charge >= 0.3 is 0 Å². The van der Waals surface area contributed by atoms with Crippen molar-refractivity contribution in [1.29, 1.82) is 0 Å². The Morgan fingerprint density at radius 1 is 1.25 bits per heavy atom. The zero-order chi connectivity index (χ0) is 17.6. The highest BCUT2D eigenvalue weighted by Crippen LogP contribution is 2.26. The SMILES string of the molecule is CC(C)C(NC(=O)c1ccco1)C(=O)NCC1(O)CCCCCC1. The van der Waals surface area contributed by atoms with E-state index in [1.165, 1.54) is 6.26 Å². The molecule has 6 heteroatoms. The van der Waals surface area contributed by atoms with Crippen LogP contribution in [0.5, 0.6) is 0 Å². The predicted octanol–water partition coefficient (Wildman–Crippen LogP) is 2.24. The lowest BCUT2D eigenvalue weighted by molar-refractivity contribution is -0.125. The van der Waals surface area contributed by atoms with Gasteiger partial charge in [-0.15, -0.1) is 0 Å². The zero-order valence-electron chi connectivity index (χ0n) is 14.5. The van der Waals surface area contributed by atoms with Crippen molar-refractivity contribution in [3.63, 3.8) is 0 Å². The van der Waals surface area contributed by atoms with Crippen molar-refractivity contribution in [1.82, 2.24) is 10.6 Å². The largest absolute Gasteiger partial charge is 0.459 e. The van der Waals surface area contributed by atoms with Crippen molar-refractivity contribution in [2.75, 3.05) is 6.54 Å². The summed E-state index contributed by atoms with van der Waals surface area (Å²) >= 11 is 0. The highest BCUT2D eigenvalue weighted by molar-refractivity contribution is 5.95. The fourth-order valence-electron chi connectivity index (χ4n) is 3.08. The van der Waals surface area contributed by atoms with Gasteiger partial charge in [0.15, 0.2) is 5.76 Å². The molecule has 0 aliphatic heterocycles. The first-order valence-electron chi connectivity index (χ1n) is 8.76. The van der Waals surface area contributed by atoms with Crippen molar-refractivity contribution < 1.29 is 19.1 Å². The highest BCUT2D eigenvalue weighted by Gasteiger charge is 2.31. The molecule has 2 amide bonds. The zero-order valence-corrected chi connectivity index (χ0v) is 14.5. The molecule has 0 saturated heterocycles. The second-order valence-electron chi connectivity index (χ2n) is 7.03. The van der Waals surface area contributed by atoms with Crippen LogP contribution < -0.4 is 10.6 Å². The lowest BCUT2D eigenvalue weighted by atomic mass is 9.94. The number of carbonyl (C=O) groups is 2. The minimum Gasteiger partial charge on any atom is -0.459 e. The van der Waals surface area contributed by atoms with Crippen LogP contribution in [0.1, 0.15) is 62.9 Å². The van der Waals surface area contributed by atoms with Crippen molar-refractivity contribution in [3.05, 3.63) is 24.2 Å². The van der Waals surface area contributed by atoms with E-state index in [0.29, 0.717) is 12.8 Å².